The number of esters is 4. The summed E-state index contributed by atoms with van der Waals surface area (Å²) in [5.41, 5.74) is 1.09. The van der Waals surface area contributed by atoms with Crippen LogP contribution >= 0.6 is 0 Å². The molecule has 10 heteroatoms. The molecule has 2 rings (SSSR count). The first-order valence-corrected chi connectivity index (χ1v) is 11.6. The van der Waals surface area contributed by atoms with Gasteiger partial charge in [0, 0.05) is 27.7 Å². The van der Waals surface area contributed by atoms with Gasteiger partial charge in [0.15, 0.2) is 24.6 Å². The number of carbonyl (C=O) groups is 4. The molecule has 1 saturated heterocycles. The zero-order valence-electron chi connectivity index (χ0n) is 20.7. The van der Waals surface area contributed by atoms with Crippen LogP contribution in [-0.2, 0) is 47.6 Å². The minimum absolute atomic E-state index is 0.221. The third-order valence-electron chi connectivity index (χ3n) is 5.87. The van der Waals surface area contributed by atoms with Crippen molar-refractivity contribution < 1.29 is 47.6 Å². The Balaban J connectivity index is 2.27. The SMILES string of the molecule is CC(=O)OC[C@H]1O[C@@H](OCC2=CC[C@@H](C(C)C)CC2)[C@H](OC(C)=O)[C@@H](OC(C)=O)[C@@H]1OC(C)=O. The molecule has 0 saturated carbocycles. The lowest BCUT2D eigenvalue weighted by atomic mass is 9.82. The molecule has 34 heavy (non-hydrogen) atoms. The van der Waals surface area contributed by atoms with Crippen LogP contribution in [-0.4, -0.2) is 67.8 Å². The lowest BCUT2D eigenvalue weighted by Gasteiger charge is -2.44. The Hall–Kier alpha value is -2.46. The second kappa shape index (κ2) is 12.9. The van der Waals surface area contributed by atoms with Gasteiger partial charge in [-0.05, 0) is 36.7 Å². The quantitative estimate of drug-likeness (QED) is 0.274. The van der Waals surface area contributed by atoms with Crippen molar-refractivity contribution >= 4 is 23.9 Å². The summed E-state index contributed by atoms with van der Waals surface area (Å²) in [4.78, 5) is 46.9. The average Bonchev–Trinajstić information content (AvgIpc) is 2.73. The maximum absolute atomic E-state index is 11.9. The van der Waals surface area contributed by atoms with Crippen LogP contribution in [0, 0.1) is 11.8 Å². The van der Waals surface area contributed by atoms with E-state index < -0.39 is 54.6 Å². The van der Waals surface area contributed by atoms with Crippen molar-refractivity contribution in [3.05, 3.63) is 11.6 Å². The largest absolute Gasteiger partial charge is 0.463 e. The van der Waals surface area contributed by atoms with E-state index in [0.29, 0.717) is 11.8 Å². The molecule has 0 spiro atoms. The molecule has 2 aliphatic rings. The Labute approximate surface area is 200 Å². The molecule has 1 aliphatic heterocycles. The van der Waals surface area contributed by atoms with Gasteiger partial charge in [-0.25, -0.2) is 0 Å². The van der Waals surface area contributed by atoms with Crippen molar-refractivity contribution in [2.75, 3.05) is 13.2 Å². The van der Waals surface area contributed by atoms with E-state index in [9.17, 15) is 19.2 Å². The fourth-order valence-corrected chi connectivity index (χ4v) is 4.16. The number of allylic oxidation sites excluding steroid dienone is 1. The zero-order chi connectivity index (χ0) is 25.4. The van der Waals surface area contributed by atoms with Gasteiger partial charge < -0.3 is 28.4 Å². The summed E-state index contributed by atoms with van der Waals surface area (Å²) in [6.45, 7) is 9.13. The first-order valence-electron chi connectivity index (χ1n) is 11.6. The van der Waals surface area contributed by atoms with Crippen LogP contribution in [0.3, 0.4) is 0 Å². The Kier molecular flexibility index (Phi) is 10.5. The van der Waals surface area contributed by atoms with E-state index in [1.54, 1.807) is 0 Å². The van der Waals surface area contributed by atoms with E-state index in [0.717, 1.165) is 24.8 Å². The van der Waals surface area contributed by atoms with Crippen LogP contribution in [0.2, 0.25) is 0 Å². The molecule has 0 aromatic carbocycles. The summed E-state index contributed by atoms with van der Waals surface area (Å²) in [6, 6.07) is 0. The minimum atomic E-state index is -1.23. The van der Waals surface area contributed by atoms with Crippen molar-refractivity contribution in [1.29, 1.82) is 0 Å². The van der Waals surface area contributed by atoms with Gasteiger partial charge in [-0.15, -0.1) is 0 Å². The number of rotatable bonds is 9. The molecule has 10 nitrogen and oxygen atoms in total. The number of carbonyl (C=O) groups excluding carboxylic acids is 4. The third-order valence-corrected chi connectivity index (χ3v) is 5.87. The summed E-state index contributed by atoms with van der Waals surface area (Å²) < 4.78 is 33.2. The fourth-order valence-electron chi connectivity index (χ4n) is 4.16. The number of ether oxygens (including phenoxy) is 6. The highest BCUT2D eigenvalue weighted by Crippen LogP contribution is 2.32. The molecule has 192 valence electrons. The van der Waals surface area contributed by atoms with Crippen LogP contribution in [0.1, 0.15) is 60.8 Å². The highest BCUT2D eigenvalue weighted by atomic mass is 16.7. The van der Waals surface area contributed by atoms with Crippen LogP contribution in [0.4, 0.5) is 0 Å². The fraction of sp³-hybridized carbons (Fsp3) is 0.750. The molecule has 0 aromatic heterocycles. The predicted octanol–water partition coefficient (Wildman–Crippen LogP) is 2.47. The molecule has 6 atom stereocenters. The predicted molar refractivity (Wildman–Crippen MR) is 118 cm³/mol. The summed E-state index contributed by atoms with van der Waals surface area (Å²) in [7, 11) is 0. The maximum Gasteiger partial charge on any atom is 0.303 e. The van der Waals surface area contributed by atoms with E-state index in [1.165, 1.54) is 27.7 Å². The molecule has 0 N–H and O–H groups in total. The molecule has 0 amide bonds. The Bertz CT molecular complexity index is 774. The van der Waals surface area contributed by atoms with Crippen LogP contribution in [0.25, 0.3) is 0 Å². The van der Waals surface area contributed by atoms with Crippen molar-refractivity contribution in [3.8, 4) is 0 Å². The van der Waals surface area contributed by atoms with E-state index in [4.69, 9.17) is 28.4 Å². The smallest absolute Gasteiger partial charge is 0.303 e. The van der Waals surface area contributed by atoms with E-state index in [1.807, 2.05) is 0 Å². The molecule has 0 aromatic rings. The summed E-state index contributed by atoms with van der Waals surface area (Å²) in [5, 5.41) is 0. The van der Waals surface area contributed by atoms with Crippen molar-refractivity contribution in [2.45, 2.75) is 91.5 Å². The minimum Gasteiger partial charge on any atom is -0.463 e. The molecular formula is C24H36O10. The summed E-state index contributed by atoms with van der Waals surface area (Å²) in [5.74, 6) is -1.36. The first kappa shape index (κ1) is 27.8. The zero-order valence-corrected chi connectivity index (χ0v) is 20.7. The van der Waals surface area contributed by atoms with Crippen LogP contribution in [0.15, 0.2) is 11.6 Å². The Morgan fingerprint density at radius 2 is 1.50 bits per heavy atom. The second-order valence-corrected chi connectivity index (χ2v) is 9.02. The monoisotopic (exact) mass is 484 g/mol. The highest BCUT2D eigenvalue weighted by molar-refractivity contribution is 5.68. The molecule has 1 heterocycles. The van der Waals surface area contributed by atoms with Crippen molar-refractivity contribution in [1.82, 2.24) is 0 Å². The topological polar surface area (TPSA) is 124 Å². The first-order chi connectivity index (χ1) is 16.0. The van der Waals surface area contributed by atoms with Crippen LogP contribution in [0.5, 0.6) is 0 Å². The molecule has 0 bridgehead atoms. The highest BCUT2D eigenvalue weighted by Gasteiger charge is 2.52. The number of hydrogen-bond donors (Lipinski definition) is 0. The van der Waals surface area contributed by atoms with Gasteiger partial charge in [0.25, 0.3) is 0 Å². The van der Waals surface area contributed by atoms with E-state index in [2.05, 4.69) is 19.9 Å². The Morgan fingerprint density at radius 3 is 2.00 bits per heavy atom. The van der Waals surface area contributed by atoms with Gasteiger partial charge in [0.05, 0.1) is 6.61 Å². The molecule has 1 fully saturated rings. The third kappa shape index (κ3) is 8.39. The average molecular weight is 485 g/mol. The lowest BCUT2D eigenvalue weighted by Crippen LogP contribution is -2.63. The van der Waals surface area contributed by atoms with Gasteiger partial charge >= 0.3 is 23.9 Å². The van der Waals surface area contributed by atoms with Gasteiger partial charge in [0.2, 0.25) is 0 Å². The Morgan fingerprint density at radius 1 is 0.912 bits per heavy atom. The van der Waals surface area contributed by atoms with Gasteiger partial charge in [-0.2, -0.15) is 0 Å². The molecular weight excluding hydrogens is 448 g/mol. The van der Waals surface area contributed by atoms with Gasteiger partial charge in [-0.3, -0.25) is 19.2 Å². The van der Waals surface area contributed by atoms with Crippen LogP contribution < -0.4 is 0 Å². The second-order valence-electron chi connectivity index (χ2n) is 9.02. The van der Waals surface area contributed by atoms with Gasteiger partial charge in [-0.1, -0.05) is 19.9 Å². The molecule has 0 unspecified atom stereocenters. The molecule has 0 radical (unpaired) electrons. The summed E-state index contributed by atoms with van der Waals surface area (Å²) >= 11 is 0. The van der Waals surface area contributed by atoms with E-state index >= 15 is 0 Å². The normalized spacial score (nSPS) is 29.1. The maximum atomic E-state index is 11.9. The van der Waals surface area contributed by atoms with Gasteiger partial charge in [0.1, 0.15) is 12.7 Å². The van der Waals surface area contributed by atoms with Crippen molar-refractivity contribution in [2.24, 2.45) is 11.8 Å². The van der Waals surface area contributed by atoms with Crippen molar-refractivity contribution in [3.63, 3.8) is 0 Å². The summed E-state index contributed by atoms with van der Waals surface area (Å²) in [6.07, 6.45) is -0.759. The lowest BCUT2D eigenvalue weighted by molar-refractivity contribution is -0.306. The molecule has 1 aliphatic carbocycles. The standard InChI is InChI=1S/C24H36O10/c1-13(2)19-9-7-18(8-10-19)11-30-24-23(33-17(6)28)22(32-16(5)27)21(31-15(4)26)20(34-24)12-29-14(3)25/h7,13,19-24H,8-12H2,1-6H3/t19-,20-,21-,22+,23-,24-/m1/s1. The van der Waals surface area contributed by atoms with E-state index in [-0.39, 0.29) is 13.2 Å². The number of hydrogen-bond acceptors (Lipinski definition) is 10.